The monoisotopic (exact) mass is 279 g/mol. The Kier molecular flexibility index (Phi) is 2.53. The smallest absolute Gasteiger partial charge is 0.243 e. The van der Waals surface area contributed by atoms with Crippen LogP contribution in [0.1, 0.15) is 25.7 Å². The Hall–Kier alpha value is -0.910. The number of hydrogen-bond donors (Lipinski definition) is 0. The van der Waals surface area contributed by atoms with Gasteiger partial charge in [0.05, 0.1) is 17.1 Å². The Morgan fingerprint density at radius 3 is 2.00 bits per heavy atom. The molecule has 0 aliphatic carbocycles. The average Bonchev–Trinajstić information content (AvgIpc) is 2.38. The van der Waals surface area contributed by atoms with E-state index in [-0.39, 0.29) is 24.3 Å². The second-order valence-corrected chi connectivity index (χ2v) is 7.62. The maximum absolute atomic E-state index is 12.8. The molecule has 0 N–H and O–H groups in total. The van der Waals surface area contributed by atoms with Gasteiger partial charge in [0.1, 0.15) is 0 Å². The van der Waals surface area contributed by atoms with Crippen molar-refractivity contribution in [2.24, 2.45) is 0 Å². The lowest BCUT2D eigenvalue weighted by atomic mass is 9.80. The van der Waals surface area contributed by atoms with Crippen LogP contribution in [0.15, 0.2) is 35.2 Å². The first-order valence-corrected chi connectivity index (χ1v) is 8.32. The molecule has 0 spiro atoms. The molecule has 0 unspecified atom stereocenters. The van der Waals surface area contributed by atoms with Crippen LogP contribution < -0.4 is 0 Å². The lowest BCUT2D eigenvalue weighted by Gasteiger charge is -2.55. The molecule has 102 valence electrons. The van der Waals surface area contributed by atoms with Crippen molar-refractivity contribution in [3.8, 4) is 0 Å². The fourth-order valence-electron chi connectivity index (χ4n) is 3.91. The van der Waals surface area contributed by atoms with E-state index >= 15 is 0 Å². The molecule has 0 saturated carbocycles. The number of benzene rings is 1. The van der Waals surface area contributed by atoms with Crippen LogP contribution in [0.4, 0.5) is 0 Å². The van der Waals surface area contributed by atoms with Crippen LogP contribution in [-0.4, -0.2) is 37.0 Å². The van der Waals surface area contributed by atoms with Crippen LogP contribution in [-0.2, 0) is 14.8 Å². The van der Waals surface area contributed by atoms with Crippen LogP contribution in [0.25, 0.3) is 0 Å². The molecule has 4 bridgehead atoms. The van der Waals surface area contributed by atoms with E-state index < -0.39 is 10.0 Å². The molecule has 0 amide bonds. The zero-order valence-corrected chi connectivity index (χ0v) is 11.4. The maximum atomic E-state index is 12.8. The maximum Gasteiger partial charge on any atom is 0.243 e. The van der Waals surface area contributed by atoms with Gasteiger partial charge in [-0.25, -0.2) is 8.42 Å². The lowest BCUT2D eigenvalue weighted by Crippen LogP contribution is -2.63. The molecule has 4 aliphatic rings. The van der Waals surface area contributed by atoms with Crippen molar-refractivity contribution in [2.45, 2.75) is 54.9 Å². The van der Waals surface area contributed by atoms with Gasteiger partial charge in [0.25, 0.3) is 0 Å². The summed E-state index contributed by atoms with van der Waals surface area (Å²) in [4.78, 5) is 0.420. The minimum Gasteiger partial charge on any atom is -0.375 e. The molecule has 1 aromatic rings. The molecule has 1 aromatic carbocycles. The summed E-state index contributed by atoms with van der Waals surface area (Å²) in [5, 5.41) is 0. The highest BCUT2D eigenvalue weighted by Crippen LogP contribution is 2.44. The third kappa shape index (κ3) is 1.75. The van der Waals surface area contributed by atoms with Crippen LogP contribution in [0.2, 0.25) is 0 Å². The molecular weight excluding hydrogens is 262 g/mol. The normalized spacial score (nSPS) is 37.7. The fourth-order valence-corrected chi connectivity index (χ4v) is 5.79. The zero-order chi connectivity index (χ0) is 13.0. The second kappa shape index (κ2) is 4.04. The summed E-state index contributed by atoms with van der Waals surface area (Å²) in [6.07, 6.45) is 4.01. The molecule has 5 rings (SSSR count). The third-order valence-electron chi connectivity index (χ3n) is 4.56. The number of sulfonamides is 1. The first kappa shape index (κ1) is 11.9. The molecule has 5 heteroatoms. The molecular formula is C14H17NO3S. The Morgan fingerprint density at radius 2 is 1.47 bits per heavy atom. The summed E-state index contributed by atoms with van der Waals surface area (Å²) >= 11 is 0. The molecule has 4 nitrogen and oxygen atoms in total. The SMILES string of the molecule is O=S(=O)(c1ccccc1)N1C2CC3CC1CC(C2)O3. The van der Waals surface area contributed by atoms with E-state index in [9.17, 15) is 8.42 Å². The number of ether oxygens (including phenoxy) is 1. The largest absolute Gasteiger partial charge is 0.375 e. The van der Waals surface area contributed by atoms with Gasteiger partial charge in [0.2, 0.25) is 10.0 Å². The van der Waals surface area contributed by atoms with Crippen molar-refractivity contribution < 1.29 is 13.2 Å². The van der Waals surface area contributed by atoms with Crippen molar-refractivity contribution in [3.63, 3.8) is 0 Å². The first-order valence-electron chi connectivity index (χ1n) is 6.88. The van der Waals surface area contributed by atoms with Gasteiger partial charge in [-0.1, -0.05) is 18.2 Å². The molecule has 4 saturated heterocycles. The Bertz CT molecular complexity index is 556. The lowest BCUT2D eigenvalue weighted by molar-refractivity contribution is -0.159. The van der Waals surface area contributed by atoms with Crippen molar-refractivity contribution in [1.82, 2.24) is 4.31 Å². The highest BCUT2D eigenvalue weighted by Gasteiger charge is 2.52. The van der Waals surface area contributed by atoms with Crippen molar-refractivity contribution in [1.29, 1.82) is 0 Å². The minimum absolute atomic E-state index is 0.140. The van der Waals surface area contributed by atoms with Gasteiger partial charge >= 0.3 is 0 Å². The Labute approximate surface area is 113 Å². The van der Waals surface area contributed by atoms with E-state index in [1.807, 2.05) is 6.07 Å². The fraction of sp³-hybridized carbons (Fsp3) is 0.571. The summed E-state index contributed by atoms with van der Waals surface area (Å²) in [5.74, 6) is 0. The van der Waals surface area contributed by atoms with E-state index in [1.165, 1.54) is 0 Å². The molecule has 0 radical (unpaired) electrons. The van der Waals surface area contributed by atoms with Gasteiger partial charge in [-0.15, -0.1) is 0 Å². The van der Waals surface area contributed by atoms with E-state index in [0.717, 1.165) is 25.7 Å². The predicted molar refractivity (Wildman–Crippen MR) is 70.2 cm³/mol. The predicted octanol–water partition coefficient (Wildman–Crippen LogP) is 1.77. The van der Waals surface area contributed by atoms with Crippen molar-refractivity contribution in [2.75, 3.05) is 0 Å². The van der Waals surface area contributed by atoms with Crippen molar-refractivity contribution >= 4 is 10.0 Å². The van der Waals surface area contributed by atoms with E-state index in [0.29, 0.717) is 4.90 Å². The van der Waals surface area contributed by atoms with E-state index in [1.54, 1.807) is 28.6 Å². The summed E-state index contributed by atoms with van der Waals surface area (Å²) in [6, 6.07) is 9.08. The number of nitrogens with zero attached hydrogens (tertiary/aromatic N) is 1. The molecule has 0 atom stereocenters. The highest BCUT2D eigenvalue weighted by atomic mass is 32.2. The third-order valence-corrected chi connectivity index (χ3v) is 6.58. The Balaban J connectivity index is 1.73. The van der Waals surface area contributed by atoms with Gasteiger partial charge in [-0.05, 0) is 37.8 Å². The van der Waals surface area contributed by atoms with Gasteiger partial charge in [-0.3, -0.25) is 0 Å². The quantitative estimate of drug-likeness (QED) is 0.829. The minimum atomic E-state index is -3.35. The standard InChI is InChI=1S/C14H17NO3S/c16-19(17,14-4-2-1-3-5-14)15-10-6-12-8-11(15)9-13(7-10)18-12/h1-5,10-13H,6-9H2. The van der Waals surface area contributed by atoms with Crippen LogP contribution >= 0.6 is 0 Å². The van der Waals surface area contributed by atoms with Gasteiger partial charge < -0.3 is 4.74 Å². The number of rotatable bonds is 2. The molecule has 19 heavy (non-hydrogen) atoms. The van der Waals surface area contributed by atoms with Gasteiger partial charge in [-0.2, -0.15) is 4.31 Å². The van der Waals surface area contributed by atoms with E-state index in [2.05, 4.69) is 0 Å². The van der Waals surface area contributed by atoms with Crippen LogP contribution in [0, 0.1) is 0 Å². The van der Waals surface area contributed by atoms with Crippen LogP contribution in [0.5, 0.6) is 0 Å². The molecule has 0 aromatic heterocycles. The highest BCUT2D eigenvalue weighted by molar-refractivity contribution is 7.89. The van der Waals surface area contributed by atoms with Gasteiger partial charge in [0, 0.05) is 12.1 Å². The summed E-state index contributed by atoms with van der Waals surface area (Å²) in [5.41, 5.74) is 0. The zero-order valence-electron chi connectivity index (χ0n) is 10.6. The van der Waals surface area contributed by atoms with Crippen LogP contribution in [0.3, 0.4) is 0 Å². The van der Waals surface area contributed by atoms with Crippen molar-refractivity contribution in [3.05, 3.63) is 30.3 Å². The number of hydrogen-bond acceptors (Lipinski definition) is 3. The second-order valence-electron chi connectivity index (χ2n) is 5.78. The average molecular weight is 279 g/mol. The summed E-state index contributed by atoms with van der Waals surface area (Å²) in [6.45, 7) is 0. The molecule has 4 aliphatic heterocycles. The molecule has 4 heterocycles. The molecule has 4 fully saturated rings. The Morgan fingerprint density at radius 1 is 0.947 bits per heavy atom. The first-order chi connectivity index (χ1) is 9.14. The van der Waals surface area contributed by atoms with E-state index in [4.69, 9.17) is 4.74 Å². The summed E-state index contributed by atoms with van der Waals surface area (Å²) in [7, 11) is -3.35. The summed E-state index contributed by atoms with van der Waals surface area (Å²) < 4.78 is 33.3. The van der Waals surface area contributed by atoms with Gasteiger partial charge in [0.15, 0.2) is 0 Å². The topological polar surface area (TPSA) is 46.6 Å². The number of piperidine rings is 2.